The van der Waals surface area contributed by atoms with E-state index in [2.05, 4.69) is 35.9 Å². The maximum atomic E-state index is 14.5. The zero-order chi connectivity index (χ0) is 16.0. The Kier molecular flexibility index (Phi) is 3.30. The summed E-state index contributed by atoms with van der Waals surface area (Å²) in [6.45, 7) is 1.91. The lowest BCUT2D eigenvalue weighted by Gasteiger charge is -2.16. The van der Waals surface area contributed by atoms with Crippen LogP contribution in [0.15, 0.2) is 47.6 Å². The van der Waals surface area contributed by atoms with Gasteiger partial charge < -0.3 is 4.57 Å². The van der Waals surface area contributed by atoms with E-state index in [1.165, 1.54) is 6.07 Å². The van der Waals surface area contributed by atoms with Crippen molar-refractivity contribution in [3.8, 4) is 0 Å². The fraction of sp³-hybridized carbons (Fsp3) is 0.125. The van der Waals surface area contributed by atoms with E-state index in [9.17, 15) is 4.39 Å². The minimum atomic E-state index is -0.298. The van der Waals surface area contributed by atoms with Crippen molar-refractivity contribution in [2.45, 2.75) is 13.0 Å². The van der Waals surface area contributed by atoms with Gasteiger partial charge in [-0.25, -0.2) is 19.3 Å². The molecule has 1 unspecified atom stereocenters. The van der Waals surface area contributed by atoms with E-state index in [1.54, 1.807) is 18.7 Å². The predicted octanol–water partition coefficient (Wildman–Crippen LogP) is 3.89. The molecule has 1 atom stereocenters. The van der Waals surface area contributed by atoms with Crippen LogP contribution in [0.2, 0.25) is 0 Å². The van der Waals surface area contributed by atoms with Gasteiger partial charge in [-0.1, -0.05) is 6.07 Å². The van der Waals surface area contributed by atoms with E-state index in [0.29, 0.717) is 27.0 Å². The first-order chi connectivity index (χ1) is 11.1. The number of pyridine rings is 1. The lowest BCUT2D eigenvalue weighted by Crippen LogP contribution is -2.08. The molecule has 0 amide bonds. The van der Waals surface area contributed by atoms with Crippen LogP contribution in [0, 0.1) is 5.82 Å². The average molecular weight is 372 g/mol. The summed E-state index contributed by atoms with van der Waals surface area (Å²) in [6.07, 6.45) is 4.88. The Bertz CT molecular complexity index is 1030. The summed E-state index contributed by atoms with van der Waals surface area (Å²) in [5.74, 6) is -0.298. The monoisotopic (exact) mass is 371 g/mol. The maximum Gasteiger partial charge on any atom is 0.197 e. The highest BCUT2D eigenvalue weighted by atomic mass is 79.9. The fourth-order valence-electron chi connectivity index (χ4n) is 2.65. The standard InChI is InChI=1S/C16H11BrFN5/c1-9(23-8-21-15-16(23)22-14(17)7-20-15)11-5-10-3-2-4-19-13(10)6-12(11)18/h2-9H,1H3. The van der Waals surface area contributed by atoms with Crippen molar-refractivity contribution in [3.05, 3.63) is 59.0 Å². The van der Waals surface area contributed by atoms with Crippen molar-refractivity contribution in [3.63, 3.8) is 0 Å². The first-order valence-electron chi connectivity index (χ1n) is 7.03. The fourth-order valence-corrected chi connectivity index (χ4v) is 2.92. The molecular weight excluding hydrogens is 361 g/mol. The number of nitrogens with zero attached hydrogens (tertiary/aromatic N) is 5. The van der Waals surface area contributed by atoms with Gasteiger partial charge in [0, 0.05) is 23.2 Å². The van der Waals surface area contributed by atoms with Crippen molar-refractivity contribution in [2.75, 3.05) is 0 Å². The van der Waals surface area contributed by atoms with Gasteiger partial charge in [0.2, 0.25) is 0 Å². The molecule has 3 aromatic heterocycles. The third-order valence-corrected chi connectivity index (χ3v) is 4.23. The van der Waals surface area contributed by atoms with Gasteiger partial charge in [0.25, 0.3) is 0 Å². The van der Waals surface area contributed by atoms with Crippen LogP contribution in [0.25, 0.3) is 22.2 Å². The van der Waals surface area contributed by atoms with Gasteiger partial charge in [0.05, 0.1) is 24.1 Å². The van der Waals surface area contributed by atoms with Gasteiger partial charge in [-0.15, -0.1) is 0 Å². The van der Waals surface area contributed by atoms with Gasteiger partial charge >= 0.3 is 0 Å². The lowest BCUT2D eigenvalue weighted by atomic mass is 10.0. The zero-order valence-electron chi connectivity index (χ0n) is 12.1. The van der Waals surface area contributed by atoms with Crippen LogP contribution < -0.4 is 0 Å². The highest BCUT2D eigenvalue weighted by Gasteiger charge is 2.18. The van der Waals surface area contributed by atoms with E-state index in [-0.39, 0.29) is 11.9 Å². The molecule has 0 aliphatic heterocycles. The maximum absolute atomic E-state index is 14.5. The van der Waals surface area contributed by atoms with Crippen LogP contribution in [0.5, 0.6) is 0 Å². The number of aromatic nitrogens is 5. The Balaban J connectivity index is 1.89. The predicted molar refractivity (Wildman–Crippen MR) is 88.5 cm³/mol. The SMILES string of the molecule is CC(c1cc2cccnc2cc1F)n1cnc2ncc(Br)nc21. The Morgan fingerprint density at radius 1 is 1.22 bits per heavy atom. The zero-order valence-corrected chi connectivity index (χ0v) is 13.7. The third-order valence-electron chi connectivity index (χ3n) is 3.84. The van der Waals surface area contributed by atoms with Gasteiger partial charge in [0.1, 0.15) is 10.4 Å². The highest BCUT2D eigenvalue weighted by Crippen LogP contribution is 2.27. The Morgan fingerprint density at radius 2 is 2.09 bits per heavy atom. The number of benzene rings is 1. The second kappa shape index (κ2) is 5.34. The molecule has 7 heteroatoms. The van der Waals surface area contributed by atoms with Crippen LogP contribution in [0.4, 0.5) is 4.39 Å². The first-order valence-corrected chi connectivity index (χ1v) is 7.82. The minimum Gasteiger partial charge on any atom is -0.306 e. The van der Waals surface area contributed by atoms with Crippen LogP contribution >= 0.6 is 15.9 Å². The van der Waals surface area contributed by atoms with Crippen molar-refractivity contribution >= 4 is 38.1 Å². The number of fused-ring (bicyclic) bond motifs is 2. The molecule has 23 heavy (non-hydrogen) atoms. The summed E-state index contributed by atoms with van der Waals surface area (Å²) in [6, 6.07) is 6.76. The molecule has 1 aromatic carbocycles. The van der Waals surface area contributed by atoms with Crippen LogP contribution in [0.1, 0.15) is 18.5 Å². The number of rotatable bonds is 2. The Morgan fingerprint density at radius 3 is 2.96 bits per heavy atom. The minimum absolute atomic E-state index is 0.270. The number of hydrogen-bond acceptors (Lipinski definition) is 4. The molecule has 5 nitrogen and oxygen atoms in total. The van der Waals surface area contributed by atoms with Gasteiger partial charge in [0.15, 0.2) is 11.3 Å². The third kappa shape index (κ3) is 2.37. The van der Waals surface area contributed by atoms with Gasteiger partial charge in [-0.3, -0.25) is 4.98 Å². The van der Waals surface area contributed by atoms with Gasteiger partial charge in [-0.05, 0) is 35.0 Å². The number of hydrogen-bond donors (Lipinski definition) is 0. The first kappa shape index (κ1) is 14.2. The average Bonchev–Trinajstić information content (AvgIpc) is 2.96. The molecule has 0 saturated carbocycles. The van der Waals surface area contributed by atoms with Gasteiger partial charge in [-0.2, -0.15) is 0 Å². The molecule has 0 bridgehead atoms. The largest absolute Gasteiger partial charge is 0.306 e. The normalized spacial score (nSPS) is 12.8. The summed E-state index contributed by atoms with van der Waals surface area (Å²) >= 11 is 3.31. The molecule has 4 rings (SSSR count). The molecular formula is C16H11BrFN5. The smallest absolute Gasteiger partial charge is 0.197 e. The summed E-state index contributed by atoms with van der Waals surface area (Å²) < 4.78 is 16.9. The van der Waals surface area contributed by atoms with E-state index in [0.717, 1.165) is 5.39 Å². The number of halogens is 2. The molecule has 0 aliphatic rings. The van der Waals surface area contributed by atoms with Crippen LogP contribution in [-0.2, 0) is 0 Å². The molecule has 0 radical (unpaired) electrons. The summed E-state index contributed by atoms with van der Waals surface area (Å²) in [5.41, 5.74) is 2.34. The quantitative estimate of drug-likeness (QED) is 0.536. The van der Waals surface area contributed by atoms with E-state index in [1.807, 2.05) is 29.7 Å². The second-order valence-corrected chi connectivity index (χ2v) is 6.05. The molecule has 4 aromatic rings. The van der Waals surface area contributed by atoms with Crippen molar-refractivity contribution < 1.29 is 4.39 Å². The number of imidazole rings is 1. The van der Waals surface area contributed by atoms with Crippen molar-refractivity contribution in [1.29, 1.82) is 0 Å². The summed E-state index contributed by atoms with van der Waals surface area (Å²) in [5, 5.41) is 0.896. The molecule has 3 heterocycles. The highest BCUT2D eigenvalue weighted by molar-refractivity contribution is 9.10. The second-order valence-electron chi connectivity index (χ2n) is 5.24. The van der Waals surface area contributed by atoms with Crippen LogP contribution in [-0.4, -0.2) is 24.5 Å². The van der Waals surface area contributed by atoms with E-state index < -0.39 is 0 Å². The Labute approximate surface area is 139 Å². The van der Waals surface area contributed by atoms with Crippen molar-refractivity contribution in [1.82, 2.24) is 24.5 Å². The summed E-state index contributed by atoms with van der Waals surface area (Å²) in [7, 11) is 0. The molecule has 0 fully saturated rings. The topological polar surface area (TPSA) is 56.5 Å². The van der Waals surface area contributed by atoms with E-state index >= 15 is 0 Å². The molecule has 0 saturated heterocycles. The molecule has 0 aliphatic carbocycles. The molecule has 114 valence electrons. The van der Waals surface area contributed by atoms with Crippen LogP contribution in [0.3, 0.4) is 0 Å². The Hall–Kier alpha value is -2.41. The summed E-state index contributed by atoms with van der Waals surface area (Å²) in [4.78, 5) is 17.0. The molecule has 0 N–H and O–H groups in total. The molecule has 0 spiro atoms. The lowest BCUT2D eigenvalue weighted by molar-refractivity contribution is 0.564. The van der Waals surface area contributed by atoms with Crippen molar-refractivity contribution in [2.24, 2.45) is 0 Å². The van der Waals surface area contributed by atoms with E-state index in [4.69, 9.17) is 0 Å².